The van der Waals surface area contributed by atoms with Gasteiger partial charge in [0.25, 0.3) is 15.9 Å². The number of hydrogen-bond donors (Lipinski definition) is 1. The number of hydrogen-bond acceptors (Lipinski definition) is 6. The number of amides is 1. The summed E-state index contributed by atoms with van der Waals surface area (Å²) in [5.41, 5.74) is 1.50. The summed E-state index contributed by atoms with van der Waals surface area (Å²) in [6.45, 7) is 5.07. The molecule has 1 saturated heterocycles. The van der Waals surface area contributed by atoms with Gasteiger partial charge in [0, 0.05) is 49.4 Å². The van der Waals surface area contributed by atoms with Crippen molar-refractivity contribution in [3.05, 3.63) is 76.5 Å². The fraction of sp³-hybridized carbons (Fsp3) is 0.273. The Kier molecular flexibility index (Phi) is 6.50. The first-order valence-electron chi connectivity index (χ1n) is 10.1. The predicted octanol–water partition coefficient (Wildman–Crippen LogP) is 3.40. The van der Waals surface area contributed by atoms with Gasteiger partial charge in [0.1, 0.15) is 5.76 Å². The number of halogens is 1. The van der Waals surface area contributed by atoms with Gasteiger partial charge in [-0.3, -0.25) is 14.4 Å². The first-order valence-corrected chi connectivity index (χ1v) is 12.0. The van der Waals surface area contributed by atoms with Crippen molar-refractivity contribution in [2.45, 2.75) is 18.4 Å². The Morgan fingerprint density at radius 1 is 1.09 bits per heavy atom. The van der Waals surface area contributed by atoms with Gasteiger partial charge in [-0.2, -0.15) is 0 Å². The van der Waals surface area contributed by atoms with Gasteiger partial charge in [-0.15, -0.1) is 0 Å². The van der Waals surface area contributed by atoms with Gasteiger partial charge in [0.05, 0.1) is 4.90 Å². The van der Waals surface area contributed by atoms with E-state index in [0.29, 0.717) is 29.4 Å². The fourth-order valence-electron chi connectivity index (χ4n) is 3.55. The molecule has 1 aliphatic heterocycles. The van der Waals surface area contributed by atoms with Crippen molar-refractivity contribution >= 4 is 33.3 Å². The quantitative estimate of drug-likeness (QED) is 0.588. The maximum absolute atomic E-state index is 13.0. The van der Waals surface area contributed by atoms with E-state index in [2.05, 4.69) is 14.8 Å². The largest absolute Gasteiger partial charge is 0.360 e. The third-order valence-electron chi connectivity index (χ3n) is 5.24. The minimum atomic E-state index is -3.89. The van der Waals surface area contributed by atoms with Crippen LogP contribution in [0, 0.1) is 6.92 Å². The molecular formula is C22H23ClN4O4S. The van der Waals surface area contributed by atoms with Crippen molar-refractivity contribution in [1.29, 1.82) is 0 Å². The summed E-state index contributed by atoms with van der Waals surface area (Å²) in [7, 11) is -3.89. The van der Waals surface area contributed by atoms with Gasteiger partial charge in [-0.1, -0.05) is 35.0 Å². The molecule has 32 heavy (non-hydrogen) atoms. The van der Waals surface area contributed by atoms with Crippen molar-refractivity contribution in [2.24, 2.45) is 0 Å². The van der Waals surface area contributed by atoms with Crippen molar-refractivity contribution in [3.63, 3.8) is 0 Å². The molecule has 1 amide bonds. The Morgan fingerprint density at radius 2 is 1.81 bits per heavy atom. The maximum atomic E-state index is 13.0. The van der Waals surface area contributed by atoms with Gasteiger partial charge in [0.2, 0.25) is 0 Å². The van der Waals surface area contributed by atoms with Crippen LogP contribution in [0.3, 0.4) is 0 Å². The van der Waals surface area contributed by atoms with Crippen molar-refractivity contribution in [2.75, 3.05) is 30.9 Å². The Bertz CT molecular complexity index is 1200. The third-order valence-corrected chi connectivity index (χ3v) is 6.84. The zero-order chi connectivity index (χ0) is 22.7. The number of aryl methyl sites for hydroxylation is 1. The second kappa shape index (κ2) is 9.32. The lowest BCUT2D eigenvalue weighted by molar-refractivity contribution is 0.0628. The Balaban J connectivity index is 1.39. The first-order chi connectivity index (χ1) is 15.3. The van der Waals surface area contributed by atoms with Crippen LogP contribution >= 0.6 is 11.6 Å². The minimum absolute atomic E-state index is 0.00891. The molecule has 2 aromatic carbocycles. The molecule has 168 valence electrons. The number of carbonyl (C=O) groups is 1. The molecule has 2 heterocycles. The van der Waals surface area contributed by atoms with Crippen LogP contribution in [0.2, 0.25) is 5.02 Å². The van der Waals surface area contributed by atoms with E-state index >= 15 is 0 Å². The highest BCUT2D eigenvalue weighted by Crippen LogP contribution is 2.19. The highest BCUT2D eigenvalue weighted by Gasteiger charge is 2.24. The second-order valence-electron chi connectivity index (χ2n) is 7.65. The van der Waals surface area contributed by atoms with E-state index in [-0.39, 0.29) is 16.6 Å². The molecule has 0 aliphatic carbocycles. The van der Waals surface area contributed by atoms with E-state index in [9.17, 15) is 13.2 Å². The molecule has 0 unspecified atom stereocenters. The molecule has 4 rings (SSSR count). The van der Waals surface area contributed by atoms with Gasteiger partial charge in [-0.05, 0) is 42.8 Å². The van der Waals surface area contributed by atoms with Crippen LogP contribution in [-0.2, 0) is 16.6 Å². The topological polar surface area (TPSA) is 95.8 Å². The first kappa shape index (κ1) is 22.3. The van der Waals surface area contributed by atoms with Gasteiger partial charge < -0.3 is 9.42 Å². The summed E-state index contributed by atoms with van der Waals surface area (Å²) in [5, 5.41) is 4.36. The lowest BCUT2D eigenvalue weighted by atomic mass is 10.1. The Labute approximate surface area is 191 Å². The zero-order valence-electron chi connectivity index (χ0n) is 17.5. The van der Waals surface area contributed by atoms with Crippen LogP contribution in [-0.4, -0.2) is 55.5 Å². The fourth-order valence-corrected chi connectivity index (χ4v) is 4.70. The number of nitrogens with zero attached hydrogens (tertiary/aromatic N) is 3. The van der Waals surface area contributed by atoms with E-state index in [0.717, 1.165) is 19.6 Å². The van der Waals surface area contributed by atoms with Crippen LogP contribution in [0.4, 0.5) is 5.82 Å². The number of sulfonamides is 1. The van der Waals surface area contributed by atoms with E-state index in [1.807, 2.05) is 24.3 Å². The number of aromatic nitrogens is 1. The molecule has 0 atom stereocenters. The number of anilines is 1. The molecule has 10 heteroatoms. The summed E-state index contributed by atoms with van der Waals surface area (Å²) < 4.78 is 32.6. The lowest BCUT2D eigenvalue weighted by Gasteiger charge is -2.34. The number of nitrogens with one attached hydrogen (secondary N) is 1. The van der Waals surface area contributed by atoms with Crippen LogP contribution < -0.4 is 4.72 Å². The maximum Gasteiger partial charge on any atom is 0.263 e. The van der Waals surface area contributed by atoms with Crippen LogP contribution in [0.1, 0.15) is 21.7 Å². The highest BCUT2D eigenvalue weighted by atomic mass is 35.5. The highest BCUT2D eigenvalue weighted by molar-refractivity contribution is 7.92. The molecule has 1 aromatic heterocycles. The smallest absolute Gasteiger partial charge is 0.263 e. The monoisotopic (exact) mass is 474 g/mol. The van der Waals surface area contributed by atoms with Gasteiger partial charge in [0.15, 0.2) is 5.82 Å². The number of piperazine rings is 1. The molecule has 3 aromatic rings. The molecule has 1 N–H and O–H groups in total. The number of carbonyl (C=O) groups excluding carboxylic acids is 1. The van der Waals surface area contributed by atoms with Crippen LogP contribution in [0.15, 0.2) is 64.0 Å². The number of rotatable bonds is 6. The van der Waals surface area contributed by atoms with Crippen molar-refractivity contribution in [3.8, 4) is 0 Å². The average Bonchev–Trinajstić information content (AvgIpc) is 3.19. The summed E-state index contributed by atoms with van der Waals surface area (Å²) >= 11 is 5.94. The second-order valence-corrected chi connectivity index (χ2v) is 9.77. The van der Waals surface area contributed by atoms with Crippen molar-refractivity contribution < 1.29 is 17.7 Å². The van der Waals surface area contributed by atoms with Gasteiger partial charge >= 0.3 is 0 Å². The van der Waals surface area contributed by atoms with E-state index in [1.165, 1.54) is 23.8 Å². The zero-order valence-corrected chi connectivity index (χ0v) is 19.1. The lowest BCUT2D eigenvalue weighted by Crippen LogP contribution is -2.48. The van der Waals surface area contributed by atoms with Crippen LogP contribution in [0.5, 0.6) is 0 Å². The Hall–Kier alpha value is -2.88. The average molecular weight is 475 g/mol. The predicted molar refractivity (Wildman–Crippen MR) is 121 cm³/mol. The minimum Gasteiger partial charge on any atom is -0.360 e. The molecule has 0 saturated carbocycles. The summed E-state index contributed by atoms with van der Waals surface area (Å²) in [6.07, 6.45) is 0. The standard InChI is InChI=1S/C22H23ClN4O4S/c1-16-13-21(24-31-16)25-32(29,30)20-4-2-3-18(14-20)22(28)27-11-9-26(10-12-27)15-17-5-7-19(23)8-6-17/h2-8,13-14H,9-12,15H2,1H3,(H,24,25). The molecule has 8 nitrogen and oxygen atoms in total. The summed E-state index contributed by atoms with van der Waals surface area (Å²) in [5.74, 6) is 0.392. The van der Waals surface area contributed by atoms with E-state index in [4.69, 9.17) is 16.1 Å². The van der Waals surface area contributed by atoms with Crippen molar-refractivity contribution in [1.82, 2.24) is 15.0 Å². The molecule has 0 spiro atoms. The van der Waals surface area contributed by atoms with E-state index in [1.54, 1.807) is 24.0 Å². The number of benzene rings is 2. The third kappa shape index (κ3) is 5.29. The molecule has 0 radical (unpaired) electrons. The van der Waals surface area contributed by atoms with Gasteiger partial charge in [-0.25, -0.2) is 8.42 Å². The van der Waals surface area contributed by atoms with Crippen LogP contribution in [0.25, 0.3) is 0 Å². The molecular weight excluding hydrogens is 452 g/mol. The molecule has 1 fully saturated rings. The SMILES string of the molecule is Cc1cc(NS(=O)(=O)c2cccc(C(=O)N3CCN(Cc4ccc(Cl)cc4)CC3)c2)no1. The molecule has 0 bridgehead atoms. The normalized spacial score (nSPS) is 15.0. The van der Waals surface area contributed by atoms with E-state index < -0.39 is 10.0 Å². The summed E-state index contributed by atoms with van der Waals surface area (Å²) in [6, 6.07) is 15.2. The summed E-state index contributed by atoms with van der Waals surface area (Å²) in [4.78, 5) is 17.0. The Morgan fingerprint density at radius 3 is 2.47 bits per heavy atom. The molecule has 1 aliphatic rings.